The zero-order valence-corrected chi connectivity index (χ0v) is 26.9. The highest BCUT2D eigenvalue weighted by molar-refractivity contribution is 7.86. The average Bonchev–Trinajstić information content (AvgIpc) is 3.34. The molecule has 0 bridgehead atoms. The number of benzene rings is 2. The minimum Gasteiger partial charge on any atom is -0.330 e. The molecule has 0 spiro atoms. The molecule has 0 radical (unpaired) electrons. The molecule has 1 unspecified atom stereocenters. The van der Waals surface area contributed by atoms with Crippen LogP contribution in [0.3, 0.4) is 0 Å². The monoisotopic (exact) mass is 689 g/mol. The molecular weight excluding hydrogens is 656 g/mol. The molecule has 1 fully saturated rings. The highest BCUT2D eigenvalue weighted by Crippen LogP contribution is 2.49. The van der Waals surface area contributed by atoms with Crippen LogP contribution < -0.4 is 0 Å². The van der Waals surface area contributed by atoms with Crippen LogP contribution in [0, 0.1) is 0 Å². The van der Waals surface area contributed by atoms with Gasteiger partial charge in [-0.25, -0.2) is 4.79 Å². The van der Waals surface area contributed by atoms with E-state index in [1.807, 2.05) is 6.92 Å². The molecule has 2 aromatic rings. The molecule has 2 aliphatic rings. The number of hydroxylamine groups is 2. The largest absolute Gasteiger partial charge is 0.333 e. The molecule has 2 aromatic carbocycles. The minimum atomic E-state index is -4.84. The van der Waals surface area contributed by atoms with E-state index in [1.54, 1.807) is 11.5 Å². The van der Waals surface area contributed by atoms with Crippen molar-refractivity contribution in [2.75, 3.05) is 12.3 Å². The lowest BCUT2D eigenvalue weighted by Crippen LogP contribution is -2.32. The highest BCUT2D eigenvalue weighted by Gasteiger charge is 2.48. The van der Waals surface area contributed by atoms with Crippen LogP contribution in [-0.4, -0.2) is 84.3 Å². The lowest BCUT2D eigenvalue weighted by molar-refractivity contribution is -0.439. The Morgan fingerprint density at radius 3 is 2.13 bits per heavy atom. The summed E-state index contributed by atoms with van der Waals surface area (Å²) in [5.74, 6) is -2.51. The third-order valence-corrected chi connectivity index (χ3v) is 10.8. The number of unbranched alkanes of at least 4 members (excludes halogenated alkanes) is 2. The molecule has 1 atom stereocenters. The highest BCUT2D eigenvalue weighted by atomic mass is 32.2. The molecule has 1 saturated heterocycles. The number of hydrogen-bond donors (Lipinski definition) is 3. The van der Waals surface area contributed by atoms with Crippen molar-refractivity contribution in [3.8, 4) is 0 Å². The van der Waals surface area contributed by atoms with E-state index < -0.39 is 69.1 Å². The smallest absolute Gasteiger partial charge is 0.330 e. The van der Waals surface area contributed by atoms with E-state index in [4.69, 9.17) is 4.84 Å². The summed E-state index contributed by atoms with van der Waals surface area (Å²) in [6.07, 6.45) is 1.50. The second-order valence-electron chi connectivity index (χ2n) is 11.2. The fraction of sp³-hybridized carbons (Fsp3) is 0.481. The first-order valence-corrected chi connectivity index (χ1v) is 18.4. The molecule has 4 rings (SSSR count). The van der Waals surface area contributed by atoms with Crippen LogP contribution in [0.5, 0.6) is 0 Å². The van der Waals surface area contributed by atoms with Crippen molar-refractivity contribution in [3.63, 3.8) is 0 Å². The maximum atomic E-state index is 12.4. The van der Waals surface area contributed by atoms with E-state index in [0.717, 1.165) is 12.1 Å². The Hall–Kier alpha value is -3.29. The van der Waals surface area contributed by atoms with Crippen molar-refractivity contribution in [1.82, 2.24) is 5.06 Å². The van der Waals surface area contributed by atoms with Crippen LogP contribution >= 0.6 is 0 Å². The van der Waals surface area contributed by atoms with Gasteiger partial charge in [0.15, 0.2) is 5.71 Å². The van der Waals surface area contributed by atoms with Crippen LogP contribution in [0.1, 0.15) is 70.8 Å². The second kappa shape index (κ2) is 12.5. The third kappa shape index (κ3) is 7.41. The zero-order valence-electron chi connectivity index (χ0n) is 24.4. The molecule has 18 heteroatoms. The van der Waals surface area contributed by atoms with Gasteiger partial charge in [0.25, 0.3) is 42.2 Å². The number of hydrogen-bond acceptors (Lipinski definition) is 10. The molecule has 0 saturated carbocycles. The summed E-state index contributed by atoms with van der Waals surface area (Å²) < 4.78 is 102. The number of carbonyl (C=O) groups is 3. The van der Waals surface area contributed by atoms with Gasteiger partial charge >= 0.3 is 5.97 Å². The number of nitrogens with zero attached hydrogens (tertiary/aromatic N) is 2. The zero-order chi connectivity index (χ0) is 33.5. The molecule has 3 N–H and O–H groups in total. The van der Waals surface area contributed by atoms with E-state index in [-0.39, 0.29) is 48.7 Å². The Morgan fingerprint density at radius 1 is 0.911 bits per heavy atom. The van der Waals surface area contributed by atoms with Crippen molar-refractivity contribution < 1.29 is 62.7 Å². The molecule has 2 heterocycles. The van der Waals surface area contributed by atoms with Crippen LogP contribution in [0.2, 0.25) is 0 Å². The van der Waals surface area contributed by atoms with Gasteiger partial charge in [0.05, 0.1) is 16.1 Å². The Balaban J connectivity index is 1.69. The van der Waals surface area contributed by atoms with Crippen LogP contribution in [0.15, 0.2) is 34.1 Å². The average molecular weight is 690 g/mol. The number of amides is 2. The van der Waals surface area contributed by atoms with Crippen molar-refractivity contribution in [2.24, 2.45) is 0 Å². The lowest BCUT2D eigenvalue weighted by Gasteiger charge is -2.24. The summed E-state index contributed by atoms with van der Waals surface area (Å²) in [5, 5.41) is 0.592. The van der Waals surface area contributed by atoms with E-state index in [2.05, 4.69) is 0 Å². The lowest BCUT2D eigenvalue weighted by atomic mass is 9.74. The summed E-state index contributed by atoms with van der Waals surface area (Å²) in [6, 6.07) is 4.51. The Labute approximate surface area is 260 Å². The van der Waals surface area contributed by atoms with Crippen LogP contribution in [0.25, 0.3) is 10.8 Å². The quantitative estimate of drug-likeness (QED) is 0.119. The van der Waals surface area contributed by atoms with Gasteiger partial charge < -0.3 is 4.84 Å². The standard InChI is InChI=1S/C27H32N2O13S3/c1-17-27(2,12-5-3-4-7-25(32)42-29-23(30)10-11-24(29)31)26-20-15-18(44(36,37)38)8-9-19(20)22(45(39,40)41)16-21(26)28(17)13-6-14-43(33,34)35/h8-9,15-16H,3-7,10-14H2,1-2H3,(H2-,33,34,35,36,37,38,39,40,41)/p+1. The van der Waals surface area contributed by atoms with E-state index in [1.165, 1.54) is 12.1 Å². The van der Waals surface area contributed by atoms with Crippen molar-refractivity contribution in [3.05, 3.63) is 29.8 Å². The number of fused-ring (bicyclic) bond motifs is 3. The first-order valence-electron chi connectivity index (χ1n) is 13.9. The minimum absolute atomic E-state index is 0.00351. The molecule has 2 aliphatic heterocycles. The maximum Gasteiger partial charge on any atom is 0.333 e. The molecule has 2 amide bonds. The summed E-state index contributed by atoms with van der Waals surface area (Å²) in [7, 11) is -13.9. The Bertz CT molecular complexity index is 1940. The third-order valence-electron chi connectivity index (χ3n) is 8.21. The van der Waals surface area contributed by atoms with Crippen molar-refractivity contribution in [2.45, 2.75) is 80.4 Å². The molecule has 15 nitrogen and oxygen atoms in total. The Morgan fingerprint density at radius 2 is 1.56 bits per heavy atom. The molecule has 0 aromatic heterocycles. The number of carbonyl (C=O) groups excluding carboxylic acids is 3. The van der Waals surface area contributed by atoms with Gasteiger partial charge in [-0.1, -0.05) is 18.9 Å². The summed E-state index contributed by atoms with van der Waals surface area (Å²) in [6.45, 7) is 3.58. The van der Waals surface area contributed by atoms with Crippen LogP contribution in [0.4, 0.5) is 5.69 Å². The normalized spacial score (nSPS) is 19.1. The predicted molar refractivity (Wildman–Crippen MR) is 158 cm³/mol. The van der Waals surface area contributed by atoms with Crippen molar-refractivity contribution in [1.29, 1.82) is 0 Å². The van der Waals surface area contributed by atoms with Gasteiger partial charge in [-0.2, -0.15) is 29.8 Å². The van der Waals surface area contributed by atoms with Crippen molar-refractivity contribution >= 4 is 70.3 Å². The summed E-state index contributed by atoms with van der Waals surface area (Å²) in [4.78, 5) is 39.4. The molecular formula is C27H33N2O13S3+. The molecule has 0 aliphatic carbocycles. The van der Waals surface area contributed by atoms with Gasteiger partial charge in [-0.15, -0.1) is 5.06 Å². The fourth-order valence-electron chi connectivity index (χ4n) is 5.91. The summed E-state index contributed by atoms with van der Waals surface area (Å²) >= 11 is 0. The Kier molecular flexibility index (Phi) is 9.59. The second-order valence-corrected chi connectivity index (χ2v) is 15.6. The van der Waals surface area contributed by atoms with E-state index >= 15 is 0 Å². The first kappa shape index (κ1) is 34.6. The first-order chi connectivity index (χ1) is 20.7. The molecule has 246 valence electrons. The van der Waals surface area contributed by atoms with Gasteiger partial charge in [-0.3, -0.25) is 23.2 Å². The van der Waals surface area contributed by atoms with Gasteiger partial charge in [-0.05, 0) is 37.3 Å². The van der Waals surface area contributed by atoms with Gasteiger partial charge in [0, 0.05) is 49.6 Å². The summed E-state index contributed by atoms with van der Waals surface area (Å²) in [5.41, 5.74) is 0.479. The van der Waals surface area contributed by atoms with Gasteiger partial charge in [0.2, 0.25) is 5.69 Å². The van der Waals surface area contributed by atoms with E-state index in [9.17, 15) is 53.3 Å². The van der Waals surface area contributed by atoms with E-state index in [0.29, 0.717) is 42.0 Å². The predicted octanol–water partition coefficient (Wildman–Crippen LogP) is 2.55. The number of rotatable bonds is 13. The van der Waals surface area contributed by atoms with Crippen LogP contribution in [-0.2, 0) is 55.0 Å². The fourth-order valence-corrected chi connectivity index (χ4v) is 7.63. The van der Waals surface area contributed by atoms with Gasteiger partial charge in [0.1, 0.15) is 11.4 Å². The topological polar surface area (TPSA) is 230 Å². The number of imide groups is 1. The SMILES string of the molecule is CC1=[N+](CCCS(=O)(=O)O)c2cc(S(=O)(=O)O)c3ccc(S(=O)(=O)O)cc3c2C1(C)CCCCCC(=O)ON1C(=O)CCC1=O. The molecule has 45 heavy (non-hydrogen) atoms. The maximum absolute atomic E-state index is 12.4.